The Morgan fingerprint density at radius 3 is 2.82 bits per heavy atom. The summed E-state index contributed by atoms with van der Waals surface area (Å²) in [5, 5.41) is 4.91. The zero-order chi connectivity index (χ0) is 15.9. The van der Waals surface area contributed by atoms with Gasteiger partial charge in [0.25, 0.3) is 0 Å². The number of nitrogens with one attached hydrogen (secondary N) is 1. The summed E-state index contributed by atoms with van der Waals surface area (Å²) >= 11 is 3.03. The highest BCUT2D eigenvalue weighted by Crippen LogP contribution is 2.28. The smallest absolute Gasteiger partial charge is 0.230 e. The van der Waals surface area contributed by atoms with Crippen LogP contribution in [0.2, 0.25) is 0 Å². The monoisotopic (exact) mass is 336 g/mol. The first-order chi connectivity index (χ1) is 10.6. The highest BCUT2D eigenvalue weighted by Gasteiger charge is 2.10. The first kappa shape index (κ1) is 17.0. The minimum atomic E-state index is 0.00151. The first-order valence-electron chi connectivity index (χ1n) is 7.02. The molecule has 0 aliphatic rings. The number of aromatic nitrogens is 1. The van der Waals surface area contributed by atoms with Crippen molar-refractivity contribution in [2.75, 3.05) is 19.5 Å². The fourth-order valence-electron chi connectivity index (χ4n) is 1.92. The number of ether oxygens (including phenoxy) is 1. The van der Waals surface area contributed by atoms with Crippen LogP contribution < -0.4 is 5.32 Å². The lowest BCUT2D eigenvalue weighted by molar-refractivity contribution is -0.119. The molecular formula is C16H20N2O2S2. The van der Waals surface area contributed by atoms with E-state index in [1.807, 2.05) is 12.3 Å². The number of thiazole rings is 1. The highest BCUT2D eigenvalue weighted by molar-refractivity contribution is 8.01. The maximum absolute atomic E-state index is 11.8. The van der Waals surface area contributed by atoms with Gasteiger partial charge >= 0.3 is 0 Å². The van der Waals surface area contributed by atoms with E-state index in [2.05, 4.69) is 41.5 Å². The quantitative estimate of drug-likeness (QED) is 0.788. The van der Waals surface area contributed by atoms with E-state index in [9.17, 15) is 4.79 Å². The first-order valence-corrected chi connectivity index (χ1v) is 8.88. The summed E-state index contributed by atoms with van der Waals surface area (Å²) in [6, 6.07) is 8.31. The van der Waals surface area contributed by atoms with Crippen molar-refractivity contribution in [3.63, 3.8) is 0 Å². The molecule has 22 heavy (non-hydrogen) atoms. The maximum atomic E-state index is 11.8. The van der Waals surface area contributed by atoms with Crippen LogP contribution >= 0.6 is 23.1 Å². The summed E-state index contributed by atoms with van der Waals surface area (Å²) in [5.41, 5.74) is 3.29. The van der Waals surface area contributed by atoms with Crippen LogP contribution in [0.3, 0.4) is 0 Å². The zero-order valence-corrected chi connectivity index (χ0v) is 14.6. The summed E-state index contributed by atoms with van der Waals surface area (Å²) in [6.45, 7) is 4.51. The molecule has 1 N–H and O–H groups in total. The van der Waals surface area contributed by atoms with Crippen molar-refractivity contribution in [2.45, 2.75) is 24.2 Å². The third kappa shape index (κ3) is 5.12. The van der Waals surface area contributed by atoms with E-state index < -0.39 is 0 Å². The summed E-state index contributed by atoms with van der Waals surface area (Å²) in [6.07, 6.45) is 0. The van der Waals surface area contributed by atoms with E-state index in [1.54, 1.807) is 18.4 Å². The number of rotatable bonds is 7. The van der Waals surface area contributed by atoms with Crippen LogP contribution in [0.15, 0.2) is 34.0 Å². The molecule has 0 aliphatic carbocycles. The highest BCUT2D eigenvalue weighted by atomic mass is 32.2. The molecule has 0 saturated heterocycles. The molecule has 0 bridgehead atoms. The number of benzene rings is 1. The van der Waals surface area contributed by atoms with Crippen molar-refractivity contribution in [1.29, 1.82) is 0 Å². The lowest BCUT2D eigenvalue weighted by atomic mass is 10.1. The molecule has 1 atom stereocenters. The van der Waals surface area contributed by atoms with E-state index in [1.165, 1.54) is 17.3 Å². The summed E-state index contributed by atoms with van der Waals surface area (Å²) < 4.78 is 5.90. The molecule has 1 amide bonds. The van der Waals surface area contributed by atoms with Gasteiger partial charge in [-0.1, -0.05) is 41.6 Å². The van der Waals surface area contributed by atoms with Crippen LogP contribution in [0.4, 0.5) is 0 Å². The van der Waals surface area contributed by atoms with E-state index >= 15 is 0 Å². The lowest BCUT2D eigenvalue weighted by Crippen LogP contribution is -2.36. The fraction of sp³-hybridized carbons (Fsp3) is 0.375. The topological polar surface area (TPSA) is 51.2 Å². The van der Waals surface area contributed by atoms with Gasteiger partial charge in [-0.25, -0.2) is 4.98 Å². The van der Waals surface area contributed by atoms with Crippen LogP contribution in [-0.4, -0.2) is 36.4 Å². The molecule has 0 fully saturated rings. The molecule has 2 rings (SSSR count). The number of methoxy groups -OCH3 is 1. The van der Waals surface area contributed by atoms with Gasteiger partial charge in [0.2, 0.25) is 5.91 Å². The molecule has 1 heterocycles. The second-order valence-corrected chi connectivity index (χ2v) is 7.16. The molecule has 4 nitrogen and oxygen atoms in total. The Morgan fingerprint density at radius 1 is 1.41 bits per heavy atom. The molecule has 0 radical (unpaired) electrons. The number of nitrogens with zero attached hydrogens (tertiary/aromatic N) is 1. The average Bonchev–Trinajstić information content (AvgIpc) is 2.95. The normalized spacial score (nSPS) is 12.1. The predicted octanol–water partition coefficient (Wildman–Crippen LogP) is 3.36. The second-order valence-electron chi connectivity index (χ2n) is 5.08. The third-order valence-corrected chi connectivity index (χ3v) is 5.00. The van der Waals surface area contributed by atoms with E-state index in [-0.39, 0.29) is 11.9 Å². The number of carbonyl (C=O) groups is 1. The standard InChI is InChI=1S/C16H20N2O2S2/c1-11-4-6-13(7-5-11)14-9-21-16(18-14)22-10-15(19)17-12(2)8-20-3/h4-7,9,12H,8,10H2,1-3H3,(H,17,19). The molecule has 1 aromatic carbocycles. The molecule has 2 aromatic rings. The number of hydrogen-bond acceptors (Lipinski definition) is 5. The summed E-state index contributed by atoms with van der Waals surface area (Å²) in [4.78, 5) is 16.4. The Bertz CT molecular complexity index is 611. The van der Waals surface area contributed by atoms with Crippen LogP contribution in [-0.2, 0) is 9.53 Å². The van der Waals surface area contributed by atoms with Gasteiger partial charge in [-0.15, -0.1) is 11.3 Å². The SMILES string of the molecule is COCC(C)NC(=O)CSc1nc(-c2ccc(C)cc2)cs1. The van der Waals surface area contributed by atoms with E-state index in [4.69, 9.17) is 4.74 Å². The number of carbonyl (C=O) groups excluding carboxylic acids is 1. The van der Waals surface area contributed by atoms with Gasteiger partial charge in [0.15, 0.2) is 4.34 Å². The van der Waals surface area contributed by atoms with E-state index in [0.717, 1.165) is 15.6 Å². The Balaban J connectivity index is 1.87. The van der Waals surface area contributed by atoms with Crippen LogP contribution in [0.1, 0.15) is 12.5 Å². The molecular weight excluding hydrogens is 316 g/mol. The molecule has 0 spiro atoms. The van der Waals surface area contributed by atoms with Crippen molar-refractivity contribution in [2.24, 2.45) is 0 Å². The van der Waals surface area contributed by atoms with Gasteiger partial charge in [-0.05, 0) is 13.8 Å². The molecule has 0 aliphatic heterocycles. The van der Waals surface area contributed by atoms with Gasteiger partial charge in [-0.3, -0.25) is 4.79 Å². The van der Waals surface area contributed by atoms with Gasteiger partial charge in [0.05, 0.1) is 18.1 Å². The van der Waals surface area contributed by atoms with Gasteiger partial charge < -0.3 is 10.1 Å². The number of hydrogen-bond donors (Lipinski definition) is 1. The Kier molecular flexibility index (Phi) is 6.42. The lowest BCUT2D eigenvalue weighted by Gasteiger charge is -2.11. The molecule has 6 heteroatoms. The van der Waals surface area contributed by atoms with Crippen molar-refractivity contribution in [3.8, 4) is 11.3 Å². The van der Waals surface area contributed by atoms with Crippen molar-refractivity contribution >= 4 is 29.0 Å². The minimum absolute atomic E-state index is 0.00151. The molecule has 0 saturated carbocycles. The Hall–Kier alpha value is -1.37. The largest absolute Gasteiger partial charge is 0.383 e. The Morgan fingerprint density at radius 2 is 2.14 bits per heavy atom. The number of thioether (sulfide) groups is 1. The van der Waals surface area contributed by atoms with Gasteiger partial charge in [0, 0.05) is 24.1 Å². The van der Waals surface area contributed by atoms with Crippen molar-refractivity contribution in [1.82, 2.24) is 10.3 Å². The minimum Gasteiger partial charge on any atom is -0.383 e. The third-order valence-electron chi connectivity index (χ3n) is 2.98. The predicted molar refractivity (Wildman–Crippen MR) is 92.5 cm³/mol. The van der Waals surface area contributed by atoms with E-state index in [0.29, 0.717) is 12.4 Å². The zero-order valence-electron chi connectivity index (χ0n) is 13.0. The van der Waals surface area contributed by atoms with Crippen molar-refractivity contribution < 1.29 is 9.53 Å². The summed E-state index contributed by atoms with van der Waals surface area (Å²) in [7, 11) is 1.62. The molecule has 1 aromatic heterocycles. The van der Waals surface area contributed by atoms with Crippen LogP contribution in [0, 0.1) is 6.92 Å². The van der Waals surface area contributed by atoms with Gasteiger partial charge in [0.1, 0.15) is 0 Å². The summed E-state index contributed by atoms with van der Waals surface area (Å²) in [5.74, 6) is 0.371. The molecule has 1 unspecified atom stereocenters. The molecule has 118 valence electrons. The van der Waals surface area contributed by atoms with Crippen LogP contribution in [0.5, 0.6) is 0 Å². The number of aryl methyl sites for hydroxylation is 1. The maximum Gasteiger partial charge on any atom is 0.230 e. The Labute approximate surface area is 139 Å². The van der Waals surface area contributed by atoms with Crippen molar-refractivity contribution in [3.05, 3.63) is 35.2 Å². The van der Waals surface area contributed by atoms with Crippen LogP contribution in [0.25, 0.3) is 11.3 Å². The average molecular weight is 336 g/mol. The van der Waals surface area contributed by atoms with Gasteiger partial charge in [-0.2, -0.15) is 0 Å². The second kappa shape index (κ2) is 8.31. The fourth-order valence-corrected chi connectivity index (χ4v) is 3.56. The number of amides is 1.